The molecule has 0 aromatic heterocycles. The molecule has 0 saturated heterocycles. The van der Waals surface area contributed by atoms with Gasteiger partial charge in [-0.15, -0.1) is 0 Å². The van der Waals surface area contributed by atoms with Crippen LogP contribution in [0.2, 0.25) is 0 Å². The van der Waals surface area contributed by atoms with E-state index in [1.807, 2.05) is 20.8 Å². The molecule has 0 atom stereocenters. The second-order valence-corrected chi connectivity index (χ2v) is 1.42. The lowest BCUT2D eigenvalue weighted by molar-refractivity contribution is -0.806. The minimum absolute atomic E-state index is 0.505. The van der Waals surface area contributed by atoms with Gasteiger partial charge in [-0.3, -0.25) is 0 Å². The van der Waals surface area contributed by atoms with Gasteiger partial charge in [-0.1, -0.05) is 0 Å². The average Bonchev–Trinajstić information content (AvgIpc) is 1.90. The van der Waals surface area contributed by atoms with Gasteiger partial charge in [0.05, 0.1) is 0 Å². The van der Waals surface area contributed by atoms with Gasteiger partial charge in [-0.2, -0.15) is 0 Å². The zero-order valence-electron chi connectivity index (χ0n) is 6.75. The standard InChI is InChI=1S/C6H15O4/c1-4-7-10(8-5-2)9-6-3/h4-6H2,1-3H3/q+1. The summed E-state index contributed by atoms with van der Waals surface area (Å²) in [5, 5.41) is 0. The fourth-order valence-corrected chi connectivity index (χ4v) is 0.391. The molecule has 4 heteroatoms. The Balaban J connectivity index is 3.30. The topological polar surface area (TPSA) is 30.4 Å². The van der Waals surface area contributed by atoms with Gasteiger partial charge in [0.1, 0.15) is 24.6 Å². The Morgan fingerprint density at radius 2 is 1.10 bits per heavy atom. The molecule has 0 aliphatic carbocycles. The molecule has 0 spiro atoms. The first kappa shape index (κ1) is 9.84. The number of hydrogen-bond donors (Lipinski definition) is 0. The second-order valence-electron chi connectivity index (χ2n) is 1.42. The van der Waals surface area contributed by atoms with E-state index in [-0.39, 0.29) is 0 Å². The van der Waals surface area contributed by atoms with Crippen molar-refractivity contribution in [3.8, 4) is 0 Å². The lowest BCUT2D eigenvalue weighted by Crippen LogP contribution is -2.16. The van der Waals surface area contributed by atoms with Crippen LogP contribution in [0.1, 0.15) is 20.8 Å². The summed E-state index contributed by atoms with van der Waals surface area (Å²) in [7, 11) is 0. The van der Waals surface area contributed by atoms with Crippen LogP contribution in [-0.4, -0.2) is 19.8 Å². The summed E-state index contributed by atoms with van der Waals surface area (Å²) in [4.78, 5) is 16.3. The summed E-state index contributed by atoms with van der Waals surface area (Å²) in [6.45, 7) is 7.05. The van der Waals surface area contributed by atoms with E-state index in [0.717, 1.165) is 0 Å². The van der Waals surface area contributed by atoms with E-state index < -0.39 is 0 Å². The first-order valence-electron chi connectivity index (χ1n) is 3.49. The van der Waals surface area contributed by atoms with Crippen LogP contribution in [0, 0.1) is 0 Å². The molecule has 0 aliphatic rings. The van der Waals surface area contributed by atoms with Gasteiger partial charge in [-0.05, 0) is 35.4 Å². The quantitative estimate of drug-likeness (QED) is 0.326. The summed E-state index contributed by atoms with van der Waals surface area (Å²) >= 11 is 0. The van der Waals surface area contributed by atoms with Gasteiger partial charge in [0.15, 0.2) is 0 Å². The zero-order valence-corrected chi connectivity index (χ0v) is 6.75. The Hall–Kier alpha value is -0.160. The van der Waals surface area contributed by atoms with Crippen LogP contribution in [-0.2, 0) is 19.5 Å². The fourth-order valence-electron chi connectivity index (χ4n) is 0.391. The zero-order chi connectivity index (χ0) is 7.82. The third kappa shape index (κ3) is 4.69. The highest BCUT2D eigenvalue weighted by molar-refractivity contribution is 3.98. The molecule has 0 aromatic rings. The van der Waals surface area contributed by atoms with Gasteiger partial charge in [0, 0.05) is 0 Å². The van der Waals surface area contributed by atoms with E-state index in [2.05, 4.69) is 0 Å². The van der Waals surface area contributed by atoms with Crippen LogP contribution in [0.3, 0.4) is 0 Å². The van der Waals surface area contributed by atoms with E-state index in [1.165, 1.54) is 0 Å². The molecule has 0 saturated carbocycles. The second kappa shape index (κ2) is 6.95. The van der Waals surface area contributed by atoms with E-state index >= 15 is 0 Å². The lowest BCUT2D eigenvalue weighted by Gasteiger charge is -2.02. The summed E-state index contributed by atoms with van der Waals surface area (Å²) in [5.41, 5.74) is 0. The van der Waals surface area contributed by atoms with E-state index in [4.69, 9.17) is 14.7 Å². The van der Waals surface area contributed by atoms with Crippen LogP contribution in [0.25, 0.3) is 0 Å². The lowest BCUT2D eigenvalue weighted by atomic mass is 10.9. The van der Waals surface area contributed by atoms with Crippen molar-refractivity contribution >= 4 is 0 Å². The Bertz CT molecular complexity index is 52.5. The Morgan fingerprint density at radius 1 is 0.800 bits per heavy atom. The molecule has 0 aromatic carbocycles. The first-order valence-corrected chi connectivity index (χ1v) is 3.49. The highest BCUT2D eigenvalue weighted by atomic mass is 17.8. The van der Waals surface area contributed by atoms with Crippen molar-refractivity contribution in [2.45, 2.75) is 20.8 Å². The maximum atomic E-state index is 4.83. The summed E-state index contributed by atoms with van der Waals surface area (Å²) in [6, 6.07) is 0. The van der Waals surface area contributed by atoms with Crippen molar-refractivity contribution in [1.82, 2.24) is 0 Å². The normalized spacial score (nSPS) is 10.8. The van der Waals surface area contributed by atoms with Gasteiger partial charge in [0.2, 0.25) is 0 Å². The molecule has 62 valence electrons. The maximum Gasteiger partial charge on any atom is 0.136 e. The van der Waals surface area contributed by atoms with Crippen molar-refractivity contribution in [2.75, 3.05) is 19.8 Å². The number of rotatable bonds is 6. The number of hydrogen-bond acceptors (Lipinski definition) is 3. The fraction of sp³-hybridized carbons (Fsp3) is 1.00. The molecule has 4 nitrogen and oxygen atoms in total. The van der Waals surface area contributed by atoms with Gasteiger partial charge in [0.25, 0.3) is 0 Å². The Kier molecular flexibility index (Phi) is 6.84. The highest BCUT2D eigenvalue weighted by Crippen LogP contribution is 2.00. The summed E-state index contributed by atoms with van der Waals surface area (Å²) in [5.74, 6) is 0. The van der Waals surface area contributed by atoms with Crippen molar-refractivity contribution in [3.05, 3.63) is 0 Å². The van der Waals surface area contributed by atoms with Gasteiger partial charge < -0.3 is 0 Å². The Labute approximate surface area is 61.1 Å². The van der Waals surface area contributed by atoms with E-state index in [9.17, 15) is 0 Å². The molecule has 0 rings (SSSR count). The summed E-state index contributed by atoms with van der Waals surface area (Å²) in [6.07, 6.45) is 0. The van der Waals surface area contributed by atoms with Crippen LogP contribution in [0.5, 0.6) is 0 Å². The maximum absolute atomic E-state index is 4.83. The van der Waals surface area contributed by atoms with Crippen molar-refractivity contribution < 1.29 is 19.5 Å². The van der Waals surface area contributed by atoms with Gasteiger partial charge in [-0.25, -0.2) is 0 Å². The van der Waals surface area contributed by atoms with Crippen LogP contribution in [0.4, 0.5) is 0 Å². The van der Waals surface area contributed by atoms with Crippen LogP contribution < -0.4 is 0 Å². The predicted molar refractivity (Wildman–Crippen MR) is 36.0 cm³/mol. The molecule has 0 aliphatic heterocycles. The van der Waals surface area contributed by atoms with E-state index in [0.29, 0.717) is 19.8 Å². The third-order valence-corrected chi connectivity index (χ3v) is 0.642. The highest BCUT2D eigenvalue weighted by Gasteiger charge is 2.14. The molecular formula is C6H15O4+. The summed E-state index contributed by atoms with van der Waals surface area (Å²) < 4.78 is 0. The molecule has 10 heavy (non-hydrogen) atoms. The molecule has 0 unspecified atom stereocenters. The van der Waals surface area contributed by atoms with E-state index in [1.54, 1.807) is 4.82 Å². The van der Waals surface area contributed by atoms with Crippen molar-refractivity contribution in [1.29, 1.82) is 0 Å². The molecule has 0 N–H and O–H groups in total. The molecule has 0 radical (unpaired) electrons. The minimum atomic E-state index is 0.505. The van der Waals surface area contributed by atoms with Crippen molar-refractivity contribution in [2.24, 2.45) is 0 Å². The third-order valence-electron chi connectivity index (χ3n) is 0.642. The van der Waals surface area contributed by atoms with Crippen molar-refractivity contribution in [3.63, 3.8) is 0 Å². The SMILES string of the molecule is CCO[O+](OCC)OCC. The first-order chi connectivity index (χ1) is 4.85. The predicted octanol–water partition coefficient (Wildman–Crippen LogP) is 1.39. The smallest absolute Gasteiger partial charge is 0.0332 e. The Morgan fingerprint density at radius 3 is 1.30 bits per heavy atom. The molecule has 0 heterocycles. The molecule has 0 amide bonds. The average molecular weight is 151 g/mol. The van der Waals surface area contributed by atoms with Crippen LogP contribution >= 0.6 is 0 Å². The van der Waals surface area contributed by atoms with Crippen LogP contribution in [0.15, 0.2) is 0 Å². The molecular weight excluding hydrogens is 136 g/mol. The largest absolute Gasteiger partial charge is 0.136 e. The monoisotopic (exact) mass is 151 g/mol. The molecule has 0 fully saturated rings. The molecule has 0 bridgehead atoms. The minimum Gasteiger partial charge on any atom is -0.0332 e. The van der Waals surface area contributed by atoms with Gasteiger partial charge >= 0.3 is 0 Å².